The maximum absolute atomic E-state index is 12.5. The van der Waals surface area contributed by atoms with E-state index in [4.69, 9.17) is 4.74 Å². The fraction of sp³-hybridized carbons (Fsp3) is 0.500. The first-order valence-corrected chi connectivity index (χ1v) is 7.40. The summed E-state index contributed by atoms with van der Waals surface area (Å²) in [4.78, 5) is 7.71. The lowest BCUT2D eigenvalue weighted by Gasteiger charge is -2.29. The van der Waals surface area contributed by atoms with E-state index < -0.39 is 15.1 Å². The molecule has 98 valence electrons. The van der Waals surface area contributed by atoms with Gasteiger partial charge in [0.2, 0.25) is 15.0 Å². The lowest BCUT2D eigenvalue weighted by Crippen LogP contribution is -2.38. The number of ether oxygens (including phenoxy) is 1. The zero-order valence-electron chi connectivity index (χ0n) is 10.0. The molecule has 2 rings (SSSR count). The second-order valence-electron chi connectivity index (χ2n) is 4.26. The molecule has 1 aromatic heterocycles. The van der Waals surface area contributed by atoms with Crippen molar-refractivity contribution < 1.29 is 13.2 Å². The largest absolute Gasteiger partial charge is 0.381 e. The molecular weight excluding hydrogens is 252 g/mol. The first-order valence-electron chi connectivity index (χ1n) is 5.86. The van der Waals surface area contributed by atoms with Gasteiger partial charge >= 0.3 is 0 Å². The maximum atomic E-state index is 12.5. The van der Waals surface area contributed by atoms with E-state index in [2.05, 4.69) is 16.5 Å². The van der Waals surface area contributed by atoms with Crippen LogP contribution in [-0.2, 0) is 14.6 Å². The molecule has 0 N–H and O–H groups in total. The summed E-state index contributed by atoms with van der Waals surface area (Å²) in [7, 11) is -3.48. The molecule has 2 atom stereocenters. The molecule has 0 amide bonds. The van der Waals surface area contributed by atoms with Crippen molar-refractivity contribution in [3.63, 3.8) is 0 Å². The van der Waals surface area contributed by atoms with Crippen LogP contribution in [0.25, 0.3) is 0 Å². The van der Waals surface area contributed by atoms with Gasteiger partial charge in [-0.3, -0.25) is 0 Å². The minimum Gasteiger partial charge on any atom is -0.381 e. The summed E-state index contributed by atoms with van der Waals surface area (Å²) < 4.78 is 30.3. The van der Waals surface area contributed by atoms with Gasteiger partial charge < -0.3 is 4.74 Å². The predicted molar refractivity (Wildman–Crippen MR) is 66.7 cm³/mol. The van der Waals surface area contributed by atoms with Gasteiger partial charge in [-0.05, 0) is 18.9 Å². The molecule has 5 nitrogen and oxygen atoms in total. The van der Waals surface area contributed by atoms with E-state index >= 15 is 0 Å². The summed E-state index contributed by atoms with van der Waals surface area (Å²) in [5, 5.41) is -0.572. The van der Waals surface area contributed by atoms with Gasteiger partial charge in [-0.2, -0.15) is 0 Å². The lowest BCUT2D eigenvalue weighted by molar-refractivity contribution is 0.0581. The molecule has 0 unspecified atom stereocenters. The third kappa shape index (κ3) is 2.59. The molecule has 0 aliphatic carbocycles. The molecule has 0 saturated carbocycles. The SMILES string of the molecule is C=CC[C@@H]1COCC[C@H]1S(=O)(=O)c1ncccn1. The highest BCUT2D eigenvalue weighted by Crippen LogP contribution is 2.28. The summed E-state index contributed by atoms with van der Waals surface area (Å²) in [5.74, 6) is -0.0648. The van der Waals surface area contributed by atoms with Crippen LogP contribution in [0.3, 0.4) is 0 Å². The van der Waals surface area contributed by atoms with Gasteiger partial charge in [-0.1, -0.05) is 6.08 Å². The molecule has 1 aliphatic rings. The van der Waals surface area contributed by atoms with E-state index in [0.29, 0.717) is 26.1 Å². The van der Waals surface area contributed by atoms with Crippen LogP contribution >= 0.6 is 0 Å². The number of hydrogen-bond acceptors (Lipinski definition) is 5. The monoisotopic (exact) mass is 268 g/mol. The first kappa shape index (κ1) is 13.2. The van der Waals surface area contributed by atoms with Crippen LogP contribution in [-0.4, -0.2) is 36.8 Å². The van der Waals surface area contributed by atoms with Crippen LogP contribution in [0.5, 0.6) is 0 Å². The Morgan fingerprint density at radius 1 is 1.44 bits per heavy atom. The summed E-state index contributed by atoms with van der Waals surface area (Å²) >= 11 is 0. The van der Waals surface area contributed by atoms with Crippen molar-refractivity contribution in [2.75, 3.05) is 13.2 Å². The van der Waals surface area contributed by atoms with Gasteiger partial charge in [-0.25, -0.2) is 18.4 Å². The number of aromatic nitrogens is 2. The van der Waals surface area contributed by atoms with Crippen molar-refractivity contribution in [3.05, 3.63) is 31.1 Å². The Labute approximate surface area is 107 Å². The minimum atomic E-state index is -3.48. The highest BCUT2D eigenvalue weighted by molar-refractivity contribution is 7.91. The molecule has 1 fully saturated rings. The van der Waals surface area contributed by atoms with Crippen molar-refractivity contribution >= 4 is 9.84 Å². The topological polar surface area (TPSA) is 69.2 Å². The molecule has 2 heterocycles. The third-order valence-electron chi connectivity index (χ3n) is 3.07. The zero-order valence-corrected chi connectivity index (χ0v) is 10.8. The number of allylic oxidation sites excluding steroid dienone is 1. The van der Waals surface area contributed by atoms with Crippen LogP contribution < -0.4 is 0 Å². The molecule has 1 saturated heterocycles. The van der Waals surface area contributed by atoms with Crippen LogP contribution in [0.1, 0.15) is 12.8 Å². The number of sulfone groups is 1. The molecule has 0 radical (unpaired) electrons. The van der Waals surface area contributed by atoms with Gasteiger partial charge in [-0.15, -0.1) is 6.58 Å². The van der Waals surface area contributed by atoms with Gasteiger partial charge in [0.1, 0.15) is 0 Å². The Bertz CT molecular complexity index is 501. The normalized spacial score (nSPS) is 24.7. The Morgan fingerprint density at radius 3 is 2.83 bits per heavy atom. The van der Waals surface area contributed by atoms with E-state index in [-0.39, 0.29) is 11.1 Å². The second-order valence-corrected chi connectivity index (χ2v) is 6.32. The highest BCUT2D eigenvalue weighted by atomic mass is 32.2. The second kappa shape index (κ2) is 5.58. The molecule has 0 spiro atoms. The maximum Gasteiger partial charge on any atom is 0.247 e. The summed E-state index contributed by atoms with van der Waals surface area (Å²) in [5.41, 5.74) is 0. The van der Waals surface area contributed by atoms with Crippen LogP contribution in [0, 0.1) is 5.92 Å². The van der Waals surface area contributed by atoms with E-state index in [9.17, 15) is 8.42 Å². The fourth-order valence-electron chi connectivity index (χ4n) is 2.19. The lowest BCUT2D eigenvalue weighted by atomic mass is 9.98. The standard InChI is InChI=1S/C12H16N2O3S/c1-2-4-10-9-17-8-5-11(10)18(15,16)12-13-6-3-7-14-12/h2-3,6-7,10-11H,1,4-5,8-9H2/t10-,11-/m1/s1. The van der Waals surface area contributed by atoms with Crippen molar-refractivity contribution in [3.8, 4) is 0 Å². The Balaban J connectivity index is 2.30. The summed E-state index contributed by atoms with van der Waals surface area (Å²) in [6.07, 6.45) is 5.73. The summed E-state index contributed by atoms with van der Waals surface area (Å²) in [6, 6.07) is 1.60. The van der Waals surface area contributed by atoms with Gasteiger partial charge in [0.05, 0.1) is 11.9 Å². The Kier molecular flexibility index (Phi) is 4.08. The van der Waals surface area contributed by atoms with Gasteiger partial charge in [0, 0.05) is 24.9 Å². The highest BCUT2D eigenvalue weighted by Gasteiger charge is 2.37. The van der Waals surface area contributed by atoms with Crippen molar-refractivity contribution in [1.82, 2.24) is 9.97 Å². The quantitative estimate of drug-likeness (QED) is 0.607. The van der Waals surface area contributed by atoms with E-state index in [1.165, 1.54) is 12.4 Å². The molecule has 6 heteroatoms. The Hall–Kier alpha value is -1.27. The molecule has 18 heavy (non-hydrogen) atoms. The molecule has 1 aromatic rings. The van der Waals surface area contributed by atoms with Crippen molar-refractivity contribution in [1.29, 1.82) is 0 Å². The van der Waals surface area contributed by atoms with E-state index in [1.807, 2.05) is 0 Å². The average Bonchev–Trinajstić information content (AvgIpc) is 2.41. The van der Waals surface area contributed by atoms with E-state index in [0.717, 1.165) is 0 Å². The molecule has 0 aromatic carbocycles. The van der Waals surface area contributed by atoms with Crippen LogP contribution in [0.4, 0.5) is 0 Å². The average molecular weight is 268 g/mol. The number of rotatable bonds is 4. The van der Waals surface area contributed by atoms with Gasteiger partial charge in [0.15, 0.2) is 0 Å². The molecule has 0 bridgehead atoms. The molecular formula is C12H16N2O3S. The zero-order chi connectivity index (χ0) is 13.0. The molecule has 1 aliphatic heterocycles. The fourth-order valence-corrected chi connectivity index (χ4v) is 3.98. The number of hydrogen-bond donors (Lipinski definition) is 0. The van der Waals surface area contributed by atoms with Crippen LogP contribution in [0.15, 0.2) is 36.3 Å². The van der Waals surface area contributed by atoms with Crippen molar-refractivity contribution in [2.24, 2.45) is 5.92 Å². The predicted octanol–water partition coefficient (Wildman–Crippen LogP) is 1.23. The summed E-state index contributed by atoms with van der Waals surface area (Å²) in [6.45, 7) is 4.57. The Morgan fingerprint density at radius 2 is 2.17 bits per heavy atom. The smallest absolute Gasteiger partial charge is 0.247 e. The number of nitrogens with zero attached hydrogens (tertiary/aromatic N) is 2. The van der Waals surface area contributed by atoms with Gasteiger partial charge in [0.25, 0.3) is 0 Å². The van der Waals surface area contributed by atoms with E-state index in [1.54, 1.807) is 12.1 Å². The minimum absolute atomic E-state index is 0.0648. The third-order valence-corrected chi connectivity index (χ3v) is 5.21. The van der Waals surface area contributed by atoms with Crippen LogP contribution in [0.2, 0.25) is 0 Å². The first-order chi connectivity index (χ1) is 8.66. The van der Waals surface area contributed by atoms with Crippen molar-refractivity contribution in [2.45, 2.75) is 23.2 Å².